The molecular weight excluding hydrogens is 420 g/mol. The van der Waals surface area contributed by atoms with Gasteiger partial charge in [0.05, 0.1) is 15.1 Å². The quantitative estimate of drug-likeness (QED) is 0.669. The van der Waals surface area contributed by atoms with Crippen molar-refractivity contribution in [2.75, 3.05) is 38.5 Å². The van der Waals surface area contributed by atoms with Crippen molar-refractivity contribution >= 4 is 42.6 Å². The van der Waals surface area contributed by atoms with Crippen molar-refractivity contribution in [2.24, 2.45) is 0 Å². The van der Waals surface area contributed by atoms with Gasteiger partial charge in [0.1, 0.15) is 0 Å². The van der Waals surface area contributed by atoms with Crippen molar-refractivity contribution in [1.29, 1.82) is 0 Å². The van der Waals surface area contributed by atoms with Crippen molar-refractivity contribution in [3.63, 3.8) is 0 Å². The molecule has 4 rings (SSSR count). The molecule has 1 fully saturated rings. The number of nitrogens with one attached hydrogen (secondary N) is 1. The lowest BCUT2D eigenvalue weighted by Crippen LogP contribution is -2.47. The summed E-state index contributed by atoms with van der Waals surface area (Å²) >= 11 is 1.41. The number of benzene rings is 2. The van der Waals surface area contributed by atoms with Gasteiger partial charge < -0.3 is 4.90 Å². The number of nitrogens with zero attached hydrogens (tertiary/aromatic N) is 3. The van der Waals surface area contributed by atoms with Gasteiger partial charge in [-0.1, -0.05) is 23.5 Å². The summed E-state index contributed by atoms with van der Waals surface area (Å²) in [6, 6.07) is 10.3. The van der Waals surface area contributed by atoms with Gasteiger partial charge in [0, 0.05) is 31.7 Å². The molecule has 1 aromatic heterocycles. The molecule has 0 radical (unpaired) electrons. The zero-order valence-electron chi connectivity index (χ0n) is 17.2. The van der Waals surface area contributed by atoms with E-state index in [1.54, 1.807) is 12.1 Å². The number of carbonyl (C=O) groups is 1. The van der Waals surface area contributed by atoms with Gasteiger partial charge in [-0.15, -0.1) is 0 Å². The van der Waals surface area contributed by atoms with Crippen LogP contribution in [0.3, 0.4) is 0 Å². The number of piperazine rings is 1. The van der Waals surface area contributed by atoms with Gasteiger partial charge in [-0.2, -0.15) is 4.31 Å². The zero-order chi connectivity index (χ0) is 21.5. The van der Waals surface area contributed by atoms with E-state index in [0.29, 0.717) is 31.3 Å². The van der Waals surface area contributed by atoms with Gasteiger partial charge in [0.25, 0.3) is 5.91 Å². The molecule has 3 aromatic rings. The first-order valence-corrected chi connectivity index (χ1v) is 12.0. The average Bonchev–Trinajstić information content (AvgIpc) is 3.11. The smallest absolute Gasteiger partial charge is 0.257 e. The van der Waals surface area contributed by atoms with Gasteiger partial charge in [0.15, 0.2) is 5.13 Å². The van der Waals surface area contributed by atoms with Crippen LogP contribution in [0.5, 0.6) is 0 Å². The summed E-state index contributed by atoms with van der Waals surface area (Å²) in [6.45, 7) is 6.29. The number of aromatic nitrogens is 1. The molecule has 2 aromatic carbocycles. The minimum absolute atomic E-state index is 0.135. The molecule has 1 aliphatic rings. The van der Waals surface area contributed by atoms with E-state index in [1.807, 2.05) is 27.0 Å². The largest absolute Gasteiger partial charge is 0.304 e. The molecule has 158 valence electrons. The highest BCUT2D eigenvalue weighted by Gasteiger charge is 2.28. The highest BCUT2D eigenvalue weighted by Crippen LogP contribution is 2.29. The Hall–Kier alpha value is -2.33. The first kappa shape index (κ1) is 20.9. The van der Waals surface area contributed by atoms with E-state index in [2.05, 4.69) is 21.3 Å². The summed E-state index contributed by atoms with van der Waals surface area (Å²) in [7, 11) is -1.66. The van der Waals surface area contributed by atoms with Crippen molar-refractivity contribution in [2.45, 2.75) is 18.7 Å². The summed E-state index contributed by atoms with van der Waals surface area (Å²) in [5.41, 5.74) is 3.36. The number of hydrogen-bond donors (Lipinski definition) is 1. The molecule has 0 bridgehead atoms. The van der Waals surface area contributed by atoms with E-state index in [1.165, 1.54) is 27.8 Å². The lowest BCUT2D eigenvalue weighted by Gasteiger charge is -2.31. The number of sulfonamides is 1. The number of aryl methyl sites for hydroxylation is 2. The maximum atomic E-state index is 13.0. The lowest BCUT2D eigenvalue weighted by molar-refractivity contribution is 0.102. The van der Waals surface area contributed by atoms with Crippen LogP contribution in [0.1, 0.15) is 21.5 Å². The van der Waals surface area contributed by atoms with Crippen LogP contribution in [0.4, 0.5) is 5.13 Å². The Labute approximate surface area is 180 Å². The summed E-state index contributed by atoms with van der Waals surface area (Å²) in [5, 5.41) is 3.31. The molecule has 2 heterocycles. The summed E-state index contributed by atoms with van der Waals surface area (Å²) < 4.78 is 28.4. The van der Waals surface area contributed by atoms with Crippen LogP contribution in [-0.2, 0) is 10.0 Å². The third-order valence-electron chi connectivity index (χ3n) is 5.25. The van der Waals surface area contributed by atoms with Crippen LogP contribution < -0.4 is 5.32 Å². The second-order valence-electron chi connectivity index (χ2n) is 7.64. The number of carbonyl (C=O) groups excluding carboxylic acids is 1. The molecule has 0 atom stereocenters. The summed E-state index contributed by atoms with van der Waals surface area (Å²) in [6.07, 6.45) is 0. The molecule has 1 aliphatic heterocycles. The Morgan fingerprint density at radius 1 is 1.10 bits per heavy atom. The molecule has 0 saturated carbocycles. The predicted octanol–water partition coefficient (Wildman–Crippen LogP) is 3.10. The predicted molar refractivity (Wildman–Crippen MR) is 120 cm³/mol. The van der Waals surface area contributed by atoms with Crippen LogP contribution in [0.2, 0.25) is 0 Å². The summed E-state index contributed by atoms with van der Waals surface area (Å²) in [4.78, 5) is 19.5. The number of likely N-dealkylation sites (N-methyl/N-ethyl adjacent to an activating group) is 1. The second kappa shape index (κ2) is 8.07. The van der Waals surface area contributed by atoms with Crippen LogP contribution in [0, 0.1) is 13.8 Å². The molecule has 1 N–H and O–H groups in total. The first-order chi connectivity index (χ1) is 14.2. The maximum Gasteiger partial charge on any atom is 0.257 e. The molecule has 9 heteroatoms. The highest BCUT2D eigenvalue weighted by atomic mass is 32.2. The normalized spacial score (nSPS) is 16.1. The SMILES string of the molecule is Cc1cc(C)c2nc(NC(=O)c3cccc(S(=O)(=O)N4CCN(C)CC4)c3)sc2c1. The van der Waals surface area contributed by atoms with Crippen LogP contribution >= 0.6 is 11.3 Å². The average molecular weight is 445 g/mol. The number of hydrogen-bond acceptors (Lipinski definition) is 6. The highest BCUT2D eigenvalue weighted by molar-refractivity contribution is 7.89. The van der Waals surface area contributed by atoms with Crippen LogP contribution in [0.25, 0.3) is 10.2 Å². The maximum absolute atomic E-state index is 13.0. The van der Waals surface area contributed by atoms with E-state index < -0.39 is 10.0 Å². The zero-order valence-corrected chi connectivity index (χ0v) is 18.8. The third-order valence-corrected chi connectivity index (χ3v) is 8.06. The van der Waals surface area contributed by atoms with Gasteiger partial charge in [-0.05, 0) is 56.3 Å². The Morgan fingerprint density at radius 3 is 2.57 bits per heavy atom. The number of anilines is 1. The van der Waals surface area contributed by atoms with Gasteiger partial charge >= 0.3 is 0 Å². The van der Waals surface area contributed by atoms with Gasteiger partial charge in [0.2, 0.25) is 10.0 Å². The van der Waals surface area contributed by atoms with Crippen LogP contribution in [0.15, 0.2) is 41.3 Å². The fraction of sp³-hybridized carbons (Fsp3) is 0.333. The lowest BCUT2D eigenvalue weighted by atomic mass is 10.1. The third kappa shape index (κ3) is 4.11. The standard InChI is InChI=1S/C21H24N4O3S2/c1-14-11-15(2)19-18(12-14)29-21(22-19)23-20(26)16-5-4-6-17(13-16)30(27,28)25-9-7-24(3)8-10-25/h4-6,11-13H,7-10H2,1-3H3,(H,22,23,26). The van der Waals surface area contributed by atoms with Crippen LogP contribution in [-0.4, -0.2) is 61.7 Å². The van der Waals surface area contributed by atoms with E-state index >= 15 is 0 Å². The van der Waals surface area contributed by atoms with Gasteiger partial charge in [-0.25, -0.2) is 13.4 Å². The van der Waals surface area contributed by atoms with E-state index in [0.717, 1.165) is 21.3 Å². The van der Waals surface area contributed by atoms with Gasteiger partial charge in [-0.3, -0.25) is 10.1 Å². The number of thiazole rings is 1. The fourth-order valence-electron chi connectivity index (χ4n) is 3.57. The molecule has 0 aliphatic carbocycles. The Bertz CT molecular complexity index is 1210. The Morgan fingerprint density at radius 2 is 1.83 bits per heavy atom. The summed E-state index contributed by atoms with van der Waals surface area (Å²) in [5.74, 6) is -0.376. The van der Waals surface area contributed by atoms with Crippen molar-refractivity contribution in [1.82, 2.24) is 14.2 Å². The molecule has 0 spiro atoms. The monoisotopic (exact) mass is 444 g/mol. The van der Waals surface area contributed by atoms with Crippen molar-refractivity contribution in [3.8, 4) is 0 Å². The minimum atomic E-state index is -3.63. The van der Waals surface area contributed by atoms with Crippen molar-refractivity contribution in [3.05, 3.63) is 53.1 Å². The number of fused-ring (bicyclic) bond motifs is 1. The number of amides is 1. The van der Waals surface area contributed by atoms with E-state index in [4.69, 9.17) is 0 Å². The van der Waals surface area contributed by atoms with E-state index in [9.17, 15) is 13.2 Å². The Balaban J connectivity index is 1.56. The molecule has 30 heavy (non-hydrogen) atoms. The fourth-order valence-corrected chi connectivity index (χ4v) is 6.07. The minimum Gasteiger partial charge on any atom is -0.304 e. The van der Waals surface area contributed by atoms with E-state index in [-0.39, 0.29) is 16.4 Å². The first-order valence-electron chi connectivity index (χ1n) is 9.72. The molecule has 0 unspecified atom stereocenters. The molecular formula is C21H24N4O3S2. The Kier molecular flexibility index (Phi) is 5.63. The van der Waals surface area contributed by atoms with Crippen molar-refractivity contribution < 1.29 is 13.2 Å². The molecule has 7 nitrogen and oxygen atoms in total. The second-order valence-corrected chi connectivity index (χ2v) is 10.6. The number of rotatable bonds is 4. The topological polar surface area (TPSA) is 82.6 Å². The molecule has 1 amide bonds. The molecule has 1 saturated heterocycles.